The summed E-state index contributed by atoms with van der Waals surface area (Å²) in [4.78, 5) is 12.8. The Kier molecular flexibility index (Phi) is 5.11. The molecule has 0 N–H and O–H groups in total. The second kappa shape index (κ2) is 7.69. The number of ether oxygens (including phenoxy) is 1. The zero-order chi connectivity index (χ0) is 19.7. The van der Waals surface area contributed by atoms with E-state index in [0.717, 1.165) is 16.8 Å². The Morgan fingerprint density at radius 1 is 1.25 bits per heavy atom. The second-order valence-electron chi connectivity index (χ2n) is 6.08. The third kappa shape index (κ3) is 3.16. The van der Waals surface area contributed by atoms with E-state index in [9.17, 15) is 4.79 Å². The predicted molar refractivity (Wildman–Crippen MR) is 113 cm³/mol. The van der Waals surface area contributed by atoms with Gasteiger partial charge in [0.15, 0.2) is 5.16 Å². The highest BCUT2D eigenvalue weighted by molar-refractivity contribution is 7.98. The number of halogens is 1. The summed E-state index contributed by atoms with van der Waals surface area (Å²) >= 11 is 7.64. The lowest BCUT2D eigenvalue weighted by atomic mass is 10.2. The first-order chi connectivity index (χ1) is 13.6. The summed E-state index contributed by atoms with van der Waals surface area (Å²) < 4.78 is 8.90. The van der Waals surface area contributed by atoms with Gasteiger partial charge in [0.1, 0.15) is 5.75 Å². The third-order valence-corrected chi connectivity index (χ3v) is 5.60. The minimum Gasteiger partial charge on any atom is -0.496 e. The first-order valence-corrected chi connectivity index (χ1v) is 9.93. The molecule has 28 heavy (non-hydrogen) atoms. The van der Waals surface area contributed by atoms with Crippen molar-refractivity contribution in [2.24, 2.45) is 0 Å². The zero-order valence-electron chi connectivity index (χ0n) is 15.1. The van der Waals surface area contributed by atoms with Gasteiger partial charge in [0.05, 0.1) is 18.0 Å². The Morgan fingerprint density at radius 2 is 2.07 bits per heavy atom. The number of methoxy groups -OCH3 is 1. The number of nitrogens with zero attached hydrogens (tertiary/aromatic N) is 4. The van der Waals surface area contributed by atoms with E-state index in [0.29, 0.717) is 33.6 Å². The number of rotatable bonds is 6. The molecular weight excluding hydrogens is 396 g/mol. The Hall–Kier alpha value is -2.77. The van der Waals surface area contributed by atoms with Crippen molar-refractivity contribution in [3.8, 4) is 5.75 Å². The van der Waals surface area contributed by atoms with Crippen LogP contribution in [0.25, 0.3) is 16.7 Å². The number of para-hydroxylation sites is 1. The minimum atomic E-state index is -0.108. The van der Waals surface area contributed by atoms with Crippen LogP contribution in [0.4, 0.5) is 0 Å². The van der Waals surface area contributed by atoms with Crippen LogP contribution in [0.1, 0.15) is 5.56 Å². The maximum absolute atomic E-state index is 12.8. The van der Waals surface area contributed by atoms with Crippen LogP contribution in [0.2, 0.25) is 5.02 Å². The van der Waals surface area contributed by atoms with Gasteiger partial charge in [-0.15, -0.1) is 16.8 Å². The lowest BCUT2D eigenvalue weighted by Gasteiger charge is -2.10. The largest absolute Gasteiger partial charge is 0.496 e. The maximum Gasteiger partial charge on any atom is 0.263 e. The van der Waals surface area contributed by atoms with Crippen molar-refractivity contribution in [2.45, 2.75) is 17.5 Å². The summed E-state index contributed by atoms with van der Waals surface area (Å²) in [5.41, 5.74) is 1.62. The van der Waals surface area contributed by atoms with Crippen LogP contribution in [0.3, 0.4) is 0 Å². The number of fused-ring (bicyclic) bond motifs is 3. The molecule has 0 atom stereocenters. The Morgan fingerprint density at radius 3 is 2.86 bits per heavy atom. The summed E-state index contributed by atoms with van der Waals surface area (Å²) in [5, 5.41) is 10.5. The molecule has 4 aromatic rings. The van der Waals surface area contributed by atoms with Crippen molar-refractivity contribution in [3.05, 3.63) is 76.1 Å². The quantitative estimate of drug-likeness (QED) is 0.351. The molecule has 4 rings (SSSR count). The van der Waals surface area contributed by atoms with Gasteiger partial charge in [0.25, 0.3) is 5.56 Å². The summed E-state index contributed by atoms with van der Waals surface area (Å²) in [6, 6.07) is 13.0. The van der Waals surface area contributed by atoms with E-state index in [-0.39, 0.29) is 5.56 Å². The van der Waals surface area contributed by atoms with Gasteiger partial charge in [0.2, 0.25) is 5.78 Å². The van der Waals surface area contributed by atoms with E-state index in [1.807, 2.05) is 40.8 Å². The molecule has 0 fully saturated rings. The topological polar surface area (TPSA) is 61.4 Å². The van der Waals surface area contributed by atoms with Crippen molar-refractivity contribution in [2.75, 3.05) is 7.11 Å². The average molecular weight is 413 g/mol. The summed E-state index contributed by atoms with van der Waals surface area (Å²) in [6.07, 6.45) is 1.68. The number of allylic oxidation sites excluding steroid dienone is 1. The van der Waals surface area contributed by atoms with Crippen LogP contribution in [-0.2, 0) is 12.3 Å². The Balaban J connectivity index is 1.84. The first-order valence-electron chi connectivity index (χ1n) is 8.57. The highest BCUT2D eigenvalue weighted by Gasteiger charge is 2.16. The molecule has 2 aromatic carbocycles. The fraction of sp³-hybridized carbons (Fsp3) is 0.150. The Labute approximate surface area is 170 Å². The van der Waals surface area contributed by atoms with E-state index in [4.69, 9.17) is 16.3 Å². The van der Waals surface area contributed by atoms with Crippen LogP contribution in [0, 0.1) is 0 Å². The molecule has 0 amide bonds. The van der Waals surface area contributed by atoms with Crippen LogP contribution in [0.5, 0.6) is 5.75 Å². The number of hydrogen-bond donors (Lipinski definition) is 0. The van der Waals surface area contributed by atoms with Crippen molar-refractivity contribution in [1.29, 1.82) is 0 Å². The zero-order valence-corrected chi connectivity index (χ0v) is 16.7. The molecule has 0 aliphatic rings. The van der Waals surface area contributed by atoms with E-state index >= 15 is 0 Å². The first kappa shape index (κ1) is 18.6. The lowest BCUT2D eigenvalue weighted by Crippen LogP contribution is -2.22. The third-order valence-electron chi connectivity index (χ3n) is 4.39. The van der Waals surface area contributed by atoms with E-state index < -0.39 is 0 Å². The fourth-order valence-electron chi connectivity index (χ4n) is 3.12. The molecule has 2 aromatic heterocycles. The molecule has 2 heterocycles. The van der Waals surface area contributed by atoms with Crippen LogP contribution in [-0.4, -0.2) is 26.3 Å². The molecule has 8 heteroatoms. The number of thioether (sulfide) groups is 1. The molecule has 0 spiro atoms. The molecule has 0 aliphatic carbocycles. The summed E-state index contributed by atoms with van der Waals surface area (Å²) in [6.45, 7) is 4.10. The van der Waals surface area contributed by atoms with Crippen molar-refractivity contribution in [1.82, 2.24) is 19.2 Å². The smallest absolute Gasteiger partial charge is 0.263 e. The van der Waals surface area contributed by atoms with E-state index in [1.54, 1.807) is 23.8 Å². The Bertz CT molecular complexity index is 1250. The maximum atomic E-state index is 12.8. The van der Waals surface area contributed by atoms with Crippen molar-refractivity contribution in [3.63, 3.8) is 0 Å². The molecule has 0 unspecified atom stereocenters. The molecule has 0 saturated heterocycles. The van der Waals surface area contributed by atoms with Gasteiger partial charge in [-0.25, -0.2) is 0 Å². The van der Waals surface area contributed by atoms with Gasteiger partial charge in [-0.2, -0.15) is 0 Å². The number of benzene rings is 2. The average Bonchev–Trinajstić information content (AvgIpc) is 3.13. The van der Waals surface area contributed by atoms with Crippen LogP contribution >= 0.6 is 23.4 Å². The van der Waals surface area contributed by atoms with Gasteiger partial charge in [-0.1, -0.05) is 41.6 Å². The molecular formula is C20H17ClN4O2S. The normalized spacial score (nSPS) is 11.2. The molecule has 0 radical (unpaired) electrons. The van der Waals surface area contributed by atoms with Crippen LogP contribution < -0.4 is 10.3 Å². The summed E-state index contributed by atoms with van der Waals surface area (Å²) in [5.74, 6) is 1.85. The van der Waals surface area contributed by atoms with E-state index in [1.165, 1.54) is 11.8 Å². The lowest BCUT2D eigenvalue weighted by molar-refractivity contribution is 0.411. The standard InChI is InChI=1S/C20H17ClN4O2S/c1-3-10-24-18(26)15-6-4-5-7-16(15)25-19(24)22-23-20(25)28-12-13-11-14(21)8-9-17(13)27-2/h3-9,11H,1,10,12H2,2H3. The van der Waals surface area contributed by atoms with Gasteiger partial charge in [0, 0.05) is 22.9 Å². The molecule has 0 bridgehead atoms. The SMILES string of the molecule is C=CCn1c(=O)c2ccccc2n2c(SCc3cc(Cl)ccc3OC)nnc12. The molecule has 142 valence electrons. The van der Waals surface area contributed by atoms with Gasteiger partial charge >= 0.3 is 0 Å². The van der Waals surface area contributed by atoms with E-state index in [2.05, 4.69) is 16.8 Å². The molecule has 0 aliphatic heterocycles. The van der Waals surface area contributed by atoms with Gasteiger partial charge in [-0.05, 0) is 30.3 Å². The number of hydrogen-bond acceptors (Lipinski definition) is 5. The minimum absolute atomic E-state index is 0.108. The number of aromatic nitrogens is 4. The second-order valence-corrected chi connectivity index (χ2v) is 7.46. The highest BCUT2D eigenvalue weighted by atomic mass is 35.5. The van der Waals surface area contributed by atoms with Gasteiger partial charge < -0.3 is 4.74 Å². The highest BCUT2D eigenvalue weighted by Crippen LogP contribution is 2.30. The molecule has 6 nitrogen and oxygen atoms in total. The molecule has 0 saturated carbocycles. The predicted octanol–water partition coefficient (Wildman–Crippen LogP) is 4.18. The fourth-order valence-corrected chi connectivity index (χ4v) is 4.24. The monoisotopic (exact) mass is 412 g/mol. The van der Waals surface area contributed by atoms with Crippen molar-refractivity contribution < 1.29 is 4.74 Å². The van der Waals surface area contributed by atoms with Crippen molar-refractivity contribution >= 4 is 40.0 Å². The summed E-state index contributed by atoms with van der Waals surface area (Å²) in [7, 11) is 1.63. The van der Waals surface area contributed by atoms with Crippen LogP contribution in [0.15, 0.2) is 65.1 Å². The van der Waals surface area contributed by atoms with Gasteiger partial charge in [-0.3, -0.25) is 13.8 Å².